The van der Waals surface area contributed by atoms with Crippen molar-refractivity contribution in [3.05, 3.63) is 65.7 Å². The number of carbonyl (C=O) groups is 5. The van der Waals surface area contributed by atoms with Gasteiger partial charge in [0.05, 0.1) is 5.41 Å². The zero-order valence-electron chi connectivity index (χ0n) is 23.8. The number of carboxylic acid groups (broad SMARTS) is 1. The number of anilines is 1. The van der Waals surface area contributed by atoms with Crippen LogP contribution < -0.4 is 15.5 Å². The Bertz CT molecular complexity index is 1290. The standard InChI is InChI=1S/C31H38N4O6/c1-20-28(38)35(27(34(20)22(3)37)24-9-5-4-6-10-24)25-13-11-23(12-14-25)19-26(29(39)40)33-30(41)31(15-7-8-16-31)17-18-32-21(2)36/h4-6,9-14,20,26-27H,7-8,15-19H2,1-3H3,(H,32,36)(H,33,41)(H,39,40)/t20-,26?,27-/m1/s1. The fourth-order valence-electron chi connectivity index (χ4n) is 6.09. The van der Waals surface area contributed by atoms with E-state index in [1.165, 1.54) is 13.8 Å². The first-order chi connectivity index (χ1) is 19.5. The Labute approximate surface area is 240 Å². The summed E-state index contributed by atoms with van der Waals surface area (Å²) in [7, 11) is 0. The van der Waals surface area contributed by atoms with Crippen LogP contribution in [0.3, 0.4) is 0 Å². The lowest BCUT2D eigenvalue weighted by Gasteiger charge is -2.31. The number of amides is 4. The highest BCUT2D eigenvalue weighted by atomic mass is 16.4. The number of carbonyl (C=O) groups excluding carboxylic acids is 4. The molecule has 3 atom stereocenters. The fourth-order valence-corrected chi connectivity index (χ4v) is 6.09. The van der Waals surface area contributed by atoms with Gasteiger partial charge in [-0.15, -0.1) is 0 Å². The molecule has 1 saturated carbocycles. The lowest BCUT2D eigenvalue weighted by molar-refractivity contribution is -0.144. The number of benzene rings is 2. The Morgan fingerprint density at radius 2 is 1.63 bits per heavy atom. The maximum Gasteiger partial charge on any atom is 0.326 e. The van der Waals surface area contributed by atoms with Crippen LogP contribution in [0.2, 0.25) is 0 Å². The number of nitrogens with one attached hydrogen (secondary N) is 2. The lowest BCUT2D eigenvalue weighted by Crippen LogP contribution is -2.49. The fraction of sp³-hybridized carbons (Fsp3) is 0.452. The van der Waals surface area contributed by atoms with E-state index in [1.54, 1.807) is 41.0 Å². The zero-order valence-corrected chi connectivity index (χ0v) is 23.8. The molecule has 0 aromatic heterocycles. The molecule has 1 aliphatic carbocycles. The van der Waals surface area contributed by atoms with Gasteiger partial charge in [-0.05, 0) is 49.4 Å². The Morgan fingerprint density at radius 3 is 2.20 bits per heavy atom. The molecule has 10 nitrogen and oxygen atoms in total. The summed E-state index contributed by atoms with van der Waals surface area (Å²) in [6, 6.07) is 14.5. The first-order valence-corrected chi connectivity index (χ1v) is 14.1. The van der Waals surface area contributed by atoms with Gasteiger partial charge >= 0.3 is 5.97 Å². The summed E-state index contributed by atoms with van der Waals surface area (Å²) in [5, 5.41) is 15.4. The van der Waals surface area contributed by atoms with E-state index < -0.39 is 29.6 Å². The Morgan fingerprint density at radius 1 is 1.00 bits per heavy atom. The molecule has 10 heteroatoms. The van der Waals surface area contributed by atoms with E-state index in [0.29, 0.717) is 37.1 Å². The smallest absolute Gasteiger partial charge is 0.326 e. The van der Waals surface area contributed by atoms with Gasteiger partial charge in [0.25, 0.3) is 5.91 Å². The summed E-state index contributed by atoms with van der Waals surface area (Å²) in [4.78, 5) is 65.8. The van der Waals surface area contributed by atoms with Gasteiger partial charge < -0.3 is 20.6 Å². The van der Waals surface area contributed by atoms with Crippen LogP contribution in [-0.4, -0.2) is 58.2 Å². The van der Waals surface area contributed by atoms with Crippen LogP contribution in [-0.2, 0) is 30.4 Å². The topological polar surface area (TPSA) is 136 Å². The molecule has 1 heterocycles. The minimum atomic E-state index is -1.14. The van der Waals surface area contributed by atoms with Crippen molar-refractivity contribution in [1.29, 1.82) is 0 Å². The summed E-state index contributed by atoms with van der Waals surface area (Å²) in [6.45, 7) is 4.94. The molecular formula is C31H38N4O6. The molecule has 1 unspecified atom stereocenters. The van der Waals surface area contributed by atoms with E-state index in [1.807, 2.05) is 30.3 Å². The minimum absolute atomic E-state index is 0.0646. The maximum atomic E-state index is 13.3. The van der Waals surface area contributed by atoms with Gasteiger partial charge in [0, 0.05) is 32.5 Å². The van der Waals surface area contributed by atoms with Crippen molar-refractivity contribution in [2.75, 3.05) is 11.4 Å². The van der Waals surface area contributed by atoms with Crippen molar-refractivity contribution < 1.29 is 29.1 Å². The predicted octanol–water partition coefficient (Wildman–Crippen LogP) is 3.17. The SMILES string of the molecule is CC(=O)NCCC1(C(=O)NC(Cc2ccc(N3C(=O)[C@@H](C)N(C(C)=O)[C@H]3c3ccccc3)cc2)C(=O)O)CCCC1. The average Bonchev–Trinajstić information content (AvgIpc) is 3.52. The number of rotatable bonds is 10. The molecule has 2 aliphatic rings. The summed E-state index contributed by atoms with van der Waals surface area (Å²) in [6.07, 6.45) is 2.99. The summed E-state index contributed by atoms with van der Waals surface area (Å²) in [5.74, 6) is -2.02. The van der Waals surface area contributed by atoms with Crippen LogP contribution in [0, 0.1) is 5.41 Å². The molecular weight excluding hydrogens is 524 g/mol. The van der Waals surface area contributed by atoms with Crippen molar-refractivity contribution in [1.82, 2.24) is 15.5 Å². The zero-order chi connectivity index (χ0) is 29.7. The third-order valence-electron chi connectivity index (χ3n) is 8.26. The lowest BCUT2D eigenvalue weighted by atomic mass is 9.81. The van der Waals surface area contributed by atoms with Crippen molar-refractivity contribution >= 4 is 35.3 Å². The van der Waals surface area contributed by atoms with Gasteiger partial charge in [0.1, 0.15) is 18.2 Å². The van der Waals surface area contributed by atoms with Crippen LogP contribution in [0.15, 0.2) is 54.6 Å². The first kappa shape index (κ1) is 29.8. The third kappa shape index (κ3) is 6.42. The molecule has 2 aromatic carbocycles. The van der Waals surface area contributed by atoms with Gasteiger partial charge in [-0.25, -0.2) is 4.79 Å². The Balaban J connectivity index is 1.51. The van der Waals surface area contributed by atoms with E-state index in [9.17, 15) is 29.1 Å². The molecule has 1 aliphatic heterocycles. The normalized spacial score (nSPS) is 20.5. The largest absolute Gasteiger partial charge is 0.480 e. The van der Waals surface area contributed by atoms with Crippen LogP contribution >= 0.6 is 0 Å². The van der Waals surface area contributed by atoms with Crippen molar-refractivity contribution in [2.24, 2.45) is 5.41 Å². The minimum Gasteiger partial charge on any atom is -0.480 e. The number of hydrogen-bond donors (Lipinski definition) is 3. The van der Waals surface area contributed by atoms with Crippen molar-refractivity contribution in [3.8, 4) is 0 Å². The number of carboxylic acids is 1. The number of hydrogen-bond acceptors (Lipinski definition) is 5. The molecule has 4 rings (SSSR count). The van der Waals surface area contributed by atoms with Gasteiger partial charge in [0.15, 0.2) is 0 Å². The molecule has 2 fully saturated rings. The highest BCUT2D eigenvalue weighted by molar-refractivity contribution is 6.03. The second kappa shape index (κ2) is 12.5. The molecule has 0 radical (unpaired) electrons. The molecule has 2 aromatic rings. The predicted molar refractivity (Wildman–Crippen MR) is 153 cm³/mol. The molecule has 0 bridgehead atoms. The van der Waals surface area contributed by atoms with Crippen LogP contribution in [0.1, 0.15) is 70.2 Å². The van der Waals surface area contributed by atoms with E-state index >= 15 is 0 Å². The Kier molecular flexibility index (Phi) is 9.10. The van der Waals surface area contributed by atoms with Gasteiger partial charge in [0.2, 0.25) is 17.7 Å². The van der Waals surface area contributed by atoms with Crippen LogP contribution in [0.25, 0.3) is 0 Å². The van der Waals surface area contributed by atoms with Gasteiger partial charge in [-0.1, -0.05) is 55.3 Å². The highest BCUT2D eigenvalue weighted by Crippen LogP contribution is 2.41. The quantitative estimate of drug-likeness (QED) is 0.407. The van der Waals surface area contributed by atoms with Crippen LogP contribution in [0.4, 0.5) is 5.69 Å². The maximum absolute atomic E-state index is 13.3. The van der Waals surface area contributed by atoms with E-state index in [2.05, 4.69) is 10.6 Å². The van der Waals surface area contributed by atoms with Crippen molar-refractivity contribution in [2.45, 2.75) is 77.5 Å². The molecule has 0 spiro atoms. The molecule has 41 heavy (non-hydrogen) atoms. The molecule has 1 saturated heterocycles. The van der Waals surface area contributed by atoms with E-state index in [-0.39, 0.29) is 30.0 Å². The average molecular weight is 563 g/mol. The monoisotopic (exact) mass is 562 g/mol. The van der Waals surface area contributed by atoms with Crippen LogP contribution in [0.5, 0.6) is 0 Å². The van der Waals surface area contributed by atoms with E-state index in [0.717, 1.165) is 18.4 Å². The summed E-state index contributed by atoms with van der Waals surface area (Å²) in [5.41, 5.74) is 1.38. The van der Waals surface area contributed by atoms with Gasteiger partial charge in [-0.3, -0.25) is 24.1 Å². The molecule has 4 amide bonds. The number of aliphatic carboxylic acids is 1. The molecule has 218 valence electrons. The third-order valence-corrected chi connectivity index (χ3v) is 8.26. The molecule has 3 N–H and O–H groups in total. The number of nitrogens with zero attached hydrogens (tertiary/aromatic N) is 2. The second-order valence-electron chi connectivity index (χ2n) is 11.1. The van der Waals surface area contributed by atoms with Crippen molar-refractivity contribution in [3.63, 3.8) is 0 Å². The summed E-state index contributed by atoms with van der Waals surface area (Å²) >= 11 is 0. The Hall–Kier alpha value is -4.21. The highest BCUT2D eigenvalue weighted by Gasteiger charge is 2.46. The van der Waals surface area contributed by atoms with Gasteiger partial charge in [-0.2, -0.15) is 0 Å². The first-order valence-electron chi connectivity index (χ1n) is 14.1. The summed E-state index contributed by atoms with van der Waals surface area (Å²) < 4.78 is 0. The van der Waals surface area contributed by atoms with E-state index in [4.69, 9.17) is 0 Å². The second-order valence-corrected chi connectivity index (χ2v) is 11.1.